The Morgan fingerprint density at radius 2 is 1.63 bits per heavy atom. The third-order valence-electron chi connectivity index (χ3n) is 7.31. The summed E-state index contributed by atoms with van der Waals surface area (Å²) in [7, 11) is 0. The van der Waals surface area contributed by atoms with E-state index in [0.717, 1.165) is 21.8 Å². The number of halogens is 1. The molecule has 9 heteroatoms. The van der Waals surface area contributed by atoms with Crippen LogP contribution in [0.4, 0.5) is 5.69 Å². The average molecular weight is 620 g/mol. The quantitative estimate of drug-likeness (QED) is 0.164. The van der Waals surface area contributed by atoms with Crippen molar-refractivity contribution in [3.63, 3.8) is 0 Å². The number of para-hydroxylation sites is 1. The molecule has 1 aliphatic rings. The number of benzene rings is 4. The number of anilines is 1. The first-order chi connectivity index (χ1) is 20.8. The third kappa shape index (κ3) is 7.59. The molecule has 0 aliphatic carbocycles. The highest BCUT2D eigenvalue weighted by atomic mass is 35.5. The molecule has 1 aliphatic heterocycles. The van der Waals surface area contributed by atoms with Crippen molar-refractivity contribution in [3.8, 4) is 5.75 Å². The lowest BCUT2D eigenvalue weighted by atomic mass is 9.90. The van der Waals surface area contributed by atoms with E-state index in [0.29, 0.717) is 34.9 Å². The molecule has 4 aromatic carbocycles. The zero-order valence-corrected chi connectivity index (χ0v) is 25.2. The number of aliphatic hydroxyl groups excluding tert-OH is 3. The van der Waals surface area contributed by atoms with Gasteiger partial charge in [-0.15, -0.1) is 11.8 Å². The molecule has 0 aromatic heterocycles. The van der Waals surface area contributed by atoms with Crippen molar-refractivity contribution in [2.45, 2.75) is 48.8 Å². The van der Waals surface area contributed by atoms with E-state index < -0.39 is 30.5 Å². The second-order valence-corrected chi connectivity index (χ2v) is 11.8. The average Bonchev–Trinajstić information content (AvgIpc) is 3.03. The van der Waals surface area contributed by atoms with Gasteiger partial charge in [0.1, 0.15) is 30.2 Å². The Kier molecular flexibility index (Phi) is 10.4. The molecular weight excluding hydrogens is 586 g/mol. The van der Waals surface area contributed by atoms with Gasteiger partial charge < -0.3 is 30.1 Å². The molecule has 1 amide bonds. The van der Waals surface area contributed by atoms with Crippen LogP contribution in [0.3, 0.4) is 0 Å². The zero-order valence-electron chi connectivity index (χ0n) is 23.6. The summed E-state index contributed by atoms with van der Waals surface area (Å²) in [5.74, 6) is 0.833. The number of carbonyl (C=O) groups is 1. The Hall–Kier alpha value is -3.37. The number of amides is 1. The van der Waals surface area contributed by atoms with Gasteiger partial charge in [0.2, 0.25) is 0 Å². The molecule has 0 spiro atoms. The predicted molar refractivity (Wildman–Crippen MR) is 169 cm³/mol. The van der Waals surface area contributed by atoms with E-state index in [9.17, 15) is 20.1 Å². The van der Waals surface area contributed by atoms with Gasteiger partial charge in [-0.2, -0.15) is 0 Å². The fourth-order valence-electron chi connectivity index (χ4n) is 5.01. The third-order valence-corrected chi connectivity index (χ3v) is 8.84. The van der Waals surface area contributed by atoms with Crippen molar-refractivity contribution < 1.29 is 29.6 Å². The van der Waals surface area contributed by atoms with Crippen LogP contribution in [0.25, 0.3) is 0 Å². The lowest BCUT2D eigenvalue weighted by Crippen LogP contribution is -2.54. The SMILES string of the molecule is CCOc1ccc(Cc2cc([C@@H]3O[C@H](CSc4ccccc4NC(=O)c4ccccc4)[C@@H](O)[C@H](O)[C@H]3O)ccc2Cl)cc1. The van der Waals surface area contributed by atoms with Gasteiger partial charge in [-0.25, -0.2) is 0 Å². The van der Waals surface area contributed by atoms with Crippen LogP contribution in [-0.2, 0) is 11.2 Å². The van der Waals surface area contributed by atoms with Crippen molar-refractivity contribution in [1.82, 2.24) is 0 Å². The summed E-state index contributed by atoms with van der Waals surface area (Å²) in [6.45, 7) is 2.53. The van der Waals surface area contributed by atoms with Gasteiger partial charge >= 0.3 is 0 Å². The van der Waals surface area contributed by atoms with Crippen LogP contribution < -0.4 is 10.1 Å². The van der Waals surface area contributed by atoms with Crippen LogP contribution in [0.5, 0.6) is 5.75 Å². The van der Waals surface area contributed by atoms with E-state index in [-0.39, 0.29) is 11.7 Å². The summed E-state index contributed by atoms with van der Waals surface area (Å²) in [6.07, 6.45) is -5.18. The standard InChI is InChI=1S/C34H34ClNO6S/c1-2-41-25-15-12-21(13-16-25)18-24-19-23(14-17-26(24)35)33-32(39)31(38)30(37)28(42-33)20-43-29-11-7-6-10-27(29)36-34(40)22-8-4-3-5-9-22/h3-17,19,28,30-33,37-39H,2,18,20H2,1H3,(H,36,40)/t28-,30-,31+,32-,33+/m1/s1. The number of hydrogen-bond acceptors (Lipinski definition) is 7. The molecular formula is C34H34ClNO6S. The maximum atomic E-state index is 12.8. The predicted octanol–water partition coefficient (Wildman–Crippen LogP) is 5.90. The van der Waals surface area contributed by atoms with Crippen LogP contribution >= 0.6 is 23.4 Å². The Labute approximate surface area is 260 Å². The molecule has 224 valence electrons. The summed E-state index contributed by atoms with van der Waals surface area (Å²) < 4.78 is 11.8. The summed E-state index contributed by atoms with van der Waals surface area (Å²) >= 11 is 7.92. The normalized spacial score (nSPS) is 21.7. The van der Waals surface area contributed by atoms with E-state index in [4.69, 9.17) is 21.1 Å². The number of aliphatic hydroxyl groups is 3. The van der Waals surface area contributed by atoms with E-state index in [2.05, 4.69) is 5.32 Å². The van der Waals surface area contributed by atoms with Gasteiger partial charge in [0.05, 0.1) is 18.4 Å². The summed E-state index contributed by atoms with van der Waals surface area (Å²) in [5, 5.41) is 36.0. The minimum atomic E-state index is -1.41. The van der Waals surface area contributed by atoms with Gasteiger partial charge in [-0.3, -0.25) is 4.79 Å². The minimum Gasteiger partial charge on any atom is -0.494 e. The molecule has 7 nitrogen and oxygen atoms in total. The number of rotatable bonds is 10. The molecule has 4 aromatic rings. The highest BCUT2D eigenvalue weighted by Crippen LogP contribution is 2.37. The number of thioether (sulfide) groups is 1. The Morgan fingerprint density at radius 3 is 2.37 bits per heavy atom. The fourth-order valence-corrected chi connectivity index (χ4v) is 6.27. The molecule has 4 N–H and O–H groups in total. The molecule has 1 fully saturated rings. The molecule has 0 unspecified atom stereocenters. The molecule has 43 heavy (non-hydrogen) atoms. The monoisotopic (exact) mass is 619 g/mol. The lowest BCUT2D eigenvalue weighted by Gasteiger charge is -2.41. The maximum absolute atomic E-state index is 12.8. The van der Waals surface area contributed by atoms with E-state index >= 15 is 0 Å². The van der Waals surface area contributed by atoms with Crippen LogP contribution in [0, 0.1) is 0 Å². The van der Waals surface area contributed by atoms with Gasteiger partial charge in [0, 0.05) is 21.2 Å². The van der Waals surface area contributed by atoms with Crippen molar-refractivity contribution in [3.05, 3.63) is 124 Å². The molecule has 1 saturated heterocycles. The Balaban J connectivity index is 1.30. The Morgan fingerprint density at radius 1 is 0.907 bits per heavy atom. The van der Waals surface area contributed by atoms with Crippen LogP contribution in [0.15, 0.2) is 102 Å². The summed E-state index contributed by atoms with van der Waals surface area (Å²) in [5.41, 5.74) is 3.69. The second kappa shape index (κ2) is 14.4. The topological polar surface area (TPSA) is 108 Å². The lowest BCUT2D eigenvalue weighted by molar-refractivity contribution is -0.218. The minimum absolute atomic E-state index is 0.231. The van der Waals surface area contributed by atoms with E-state index in [1.165, 1.54) is 11.8 Å². The van der Waals surface area contributed by atoms with Crippen molar-refractivity contribution in [2.75, 3.05) is 17.7 Å². The van der Waals surface area contributed by atoms with Crippen molar-refractivity contribution in [1.29, 1.82) is 0 Å². The van der Waals surface area contributed by atoms with Gasteiger partial charge in [0.15, 0.2) is 0 Å². The molecule has 1 heterocycles. The first kappa shape index (κ1) is 31.1. The van der Waals surface area contributed by atoms with E-state index in [1.807, 2.05) is 67.6 Å². The van der Waals surface area contributed by atoms with Crippen LogP contribution in [0.2, 0.25) is 5.02 Å². The summed E-state index contributed by atoms with van der Waals surface area (Å²) in [6, 6.07) is 29.5. The fraction of sp³-hybridized carbons (Fsp3) is 0.265. The van der Waals surface area contributed by atoms with Crippen molar-refractivity contribution in [2.24, 2.45) is 0 Å². The smallest absolute Gasteiger partial charge is 0.255 e. The Bertz CT molecular complexity index is 1520. The first-order valence-corrected chi connectivity index (χ1v) is 15.5. The molecule has 5 rings (SSSR count). The van der Waals surface area contributed by atoms with Crippen LogP contribution in [0.1, 0.15) is 40.1 Å². The van der Waals surface area contributed by atoms with Gasteiger partial charge in [-0.05, 0) is 72.5 Å². The molecule has 0 saturated carbocycles. The van der Waals surface area contributed by atoms with Gasteiger partial charge in [-0.1, -0.05) is 66.2 Å². The number of nitrogens with one attached hydrogen (secondary N) is 1. The largest absolute Gasteiger partial charge is 0.494 e. The molecule has 0 radical (unpaired) electrons. The summed E-state index contributed by atoms with van der Waals surface area (Å²) in [4.78, 5) is 13.5. The number of carbonyl (C=O) groups excluding carboxylic acids is 1. The zero-order chi connectivity index (χ0) is 30.3. The molecule has 5 atom stereocenters. The highest BCUT2D eigenvalue weighted by Gasteiger charge is 2.44. The molecule has 0 bridgehead atoms. The van der Waals surface area contributed by atoms with E-state index in [1.54, 1.807) is 36.4 Å². The highest BCUT2D eigenvalue weighted by molar-refractivity contribution is 7.99. The first-order valence-electron chi connectivity index (χ1n) is 14.1. The van der Waals surface area contributed by atoms with Gasteiger partial charge in [0.25, 0.3) is 5.91 Å². The number of ether oxygens (including phenoxy) is 2. The second-order valence-electron chi connectivity index (χ2n) is 10.3. The van der Waals surface area contributed by atoms with Crippen LogP contribution in [-0.4, -0.2) is 58.0 Å². The number of hydrogen-bond donors (Lipinski definition) is 4. The van der Waals surface area contributed by atoms with Crippen molar-refractivity contribution >= 4 is 35.0 Å². The maximum Gasteiger partial charge on any atom is 0.255 e.